The topological polar surface area (TPSA) is 79.3 Å². The Morgan fingerprint density at radius 2 is 2.35 bits per heavy atom. The predicted octanol–water partition coefficient (Wildman–Crippen LogP) is 1.47. The molecule has 1 saturated heterocycles. The molecule has 2 rings (SSSR count). The number of thioether (sulfide) groups is 1. The lowest BCUT2D eigenvalue weighted by Crippen LogP contribution is -2.24. The molecule has 1 atom stereocenters. The summed E-state index contributed by atoms with van der Waals surface area (Å²) >= 11 is 1.73. The highest BCUT2D eigenvalue weighted by molar-refractivity contribution is 7.99. The van der Waals surface area contributed by atoms with Crippen molar-refractivity contribution in [1.29, 1.82) is 0 Å². The molecule has 1 aliphatic heterocycles. The second kappa shape index (κ2) is 5.18. The smallest absolute Gasteiger partial charge is 0.339 e. The molecule has 6 heteroatoms. The molecule has 17 heavy (non-hydrogen) atoms. The van der Waals surface area contributed by atoms with Crippen LogP contribution in [0, 0.1) is 5.92 Å². The van der Waals surface area contributed by atoms with Crippen molar-refractivity contribution in [3.8, 4) is 0 Å². The third kappa shape index (κ3) is 2.76. The molecule has 1 aromatic heterocycles. The SMILES string of the molecule is O=C(O)c1cccnc1NC(=O)C1CCSC1. The first-order valence-corrected chi connectivity index (χ1v) is 6.41. The number of carbonyl (C=O) groups is 2. The summed E-state index contributed by atoms with van der Waals surface area (Å²) in [4.78, 5) is 26.7. The van der Waals surface area contributed by atoms with Gasteiger partial charge in [0.05, 0.1) is 0 Å². The van der Waals surface area contributed by atoms with Gasteiger partial charge in [0.1, 0.15) is 11.4 Å². The van der Waals surface area contributed by atoms with Gasteiger partial charge in [0.2, 0.25) is 5.91 Å². The number of rotatable bonds is 3. The quantitative estimate of drug-likeness (QED) is 0.851. The van der Waals surface area contributed by atoms with Crippen LogP contribution in [0.4, 0.5) is 5.82 Å². The maximum Gasteiger partial charge on any atom is 0.339 e. The minimum Gasteiger partial charge on any atom is -0.478 e. The van der Waals surface area contributed by atoms with Gasteiger partial charge in [-0.25, -0.2) is 9.78 Å². The molecule has 1 unspecified atom stereocenters. The van der Waals surface area contributed by atoms with Crippen LogP contribution in [0.25, 0.3) is 0 Å². The Morgan fingerprint density at radius 3 is 3.00 bits per heavy atom. The summed E-state index contributed by atoms with van der Waals surface area (Å²) < 4.78 is 0. The van der Waals surface area contributed by atoms with Crippen molar-refractivity contribution in [2.45, 2.75) is 6.42 Å². The lowest BCUT2D eigenvalue weighted by molar-refractivity contribution is -0.119. The standard InChI is InChI=1S/C11H12N2O3S/c14-10(7-3-5-17-6-7)13-9-8(11(15)16)2-1-4-12-9/h1-2,4,7H,3,5-6H2,(H,15,16)(H,12,13,14). The van der Waals surface area contributed by atoms with E-state index < -0.39 is 5.97 Å². The van der Waals surface area contributed by atoms with Crippen LogP contribution in [0.2, 0.25) is 0 Å². The highest BCUT2D eigenvalue weighted by Gasteiger charge is 2.24. The highest BCUT2D eigenvalue weighted by Crippen LogP contribution is 2.24. The van der Waals surface area contributed by atoms with Gasteiger partial charge in [0.25, 0.3) is 0 Å². The van der Waals surface area contributed by atoms with Gasteiger partial charge in [-0.2, -0.15) is 11.8 Å². The van der Waals surface area contributed by atoms with E-state index in [2.05, 4.69) is 10.3 Å². The lowest BCUT2D eigenvalue weighted by atomic mass is 10.1. The van der Waals surface area contributed by atoms with E-state index in [-0.39, 0.29) is 23.2 Å². The zero-order valence-corrected chi connectivity index (χ0v) is 9.87. The first-order chi connectivity index (χ1) is 8.18. The van der Waals surface area contributed by atoms with E-state index in [9.17, 15) is 9.59 Å². The van der Waals surface area contributed by atoms with Crippen molar-refractivity contribution in [2.24, 2.45) is 5.92 Å². The Morgan fingerprint density at radius 1 is 1.53 bits per heavy atom. The average Bonchev–Trinajstić information content (AvgIpc) is 2.83. The molecule has 1 fully saturated rings. The van der Waals surface area contributed by atoms with Gasteiger partial charge >= 0.3 is 5.97 Å². The molecule has 1 amide bonds. The molecule has 90 valence electrons. The fraction of sp³-hybridized carbons (Fsp3) is 0.364. The van der Waals surface area contributed by atoms with Crippen LogP contribution in [-0.2, 0) is 4.79 Å². The lowest BCUT2D eigenvalue weighted by Gasteiger charge is -2.10. The molecule has 1 aromatic rings. The maximum atomic E-state index is 11.8. The van der Waals surface area contributed by atoms with Crippen molar-refractivity contribution in [3.05, 3.63) is 23.9 Å². The zero-order chi connectivity index (χ0) is 12.3. The largest absolute Gasteiger partial charge is 0.478 e. The molecular formula is C11H12N2O3S. The molecule has 0 spiro atoms. The number of nitrogens with zero attached hydrogens (tertiary/aromatic N) is 1. The van der Waals surface area contributed by atoms with Gasteiger partial charge in [-0.1, -0.05) is 0 Å². The van der Waals surface area contributed by atoms with Crippen molar-refractivity contribution in [1.82, 2.24) is 4.98 Å². The van der Waals surface area contributed by atoms with Crippen molar-refractivity contribution >= 4 is 29.5 Å². The van der Waals surface area contributed by atoms with E-state index in [1.807, 2.05) is 0 Å². The van der Waals surface area contributed by atoms with Gasteiger partial charge in [-0.3, -0.25) is 4.79 Å². The number of amides is 1. The minimum absolute atomic E-state index is 0.0199. The summed E-state index contributed by atoms with van der Waals surface area (Å²) in [5.41, 5.74) is 0.0199. The third-order valence-corrected chi connectivity index (χ3v) is 3.74. The van der Waals surface area contributed by atoms with Crippen LogP contribution < -0.4 is 5.32 Å². The zero-order valence-electron chi connectivity index (χ0n) is 9.05. The first kappa shape index (κ1) is 11.9. The van der Waals surface area contributed by atoms with Gasteiger partial charge in [-0.05, 0) is 24.3 Å². The number of nitrogens with one attached hydrogen (secondary N) is 1. The number of hydrogen-bond donors (Lipinski definition) is 2. The average molecular weight is 252 g/mol. The molecule has 0 aliphatic carbocycles. The number of carboxylic acid groups (broad SMARTS) is 1. The molecule has 5 nitrogen and oxygen atoms in total. The minimum atomic E-state index is -1.09. The first-order valence-electron chi connectivity index (χ1n) is 5.25. The Labute approximate surface area is 103 Å². The van der Waals surface area contributed by atoms with Crippen LogP contribution in [0.1, 0.15) is 16.8 Å². The van der Waals surface area contributed by atoms with E-state index in [4.69, 9.17) is 5.11 Å². The van der Waals surface area contributed by atoms with Crippen molar-refractivity contribution in [3.63, 3.8) is 0 Å². The number of aromatic carboxylic acids is 1. The van der Waals surface area contributed by atoms with Gasteiger partial charge in [0, 0.05) is 17.9 Å². The summed E-state index contributed by atoms with van der Waals surface area (Å²) in [6, 6.07) is 2.96. The van der Waals surface area contributed by atoms with Crippen LogP contribution in [-0.4, -0.2) is 33.5 Å². The van der Waals surface area contributed by atoms with Crippen LogP contribution in [0.3, 0.4) is 0 Å². The second-order valence-corrected chi connectivity index (χ2v) is 4.90. The second-order valence-electron chi connectivity index (χ2n) is 3.75. The Bertz CT molecular complexity index is 444. The van der Waals surface area contributed by atoms with Crippen LogP contribution in [0.5, 0.6) is 0 Å². The number of aromatic nitrogens is 1. The fourth-order valence-electron chi connectivity index (χ4n) is 1.64. The highest BCUT2D eigenvalue weighted by atomic mass is 32.2. The molecule has 2 N–H and O–H groups in total. The Balaban J connectivity index is 2.12. The monoisotopic (exact) mass is 252 g/mol. The van der Waals surface area contributed by atoms with Gasteiger partial charge < -0.3 is 10.4 Å². The molecule has 1 aliphatic rings. The van der Waals surface area contributed by atoms with Crippen LogP contribution in [0.15, 0.2) is 18.3 Å². The molecule has 0 saturated carbocycles. The molecule has 0 aromatic carbocycles. The van der Waals surface area contributed by atoms with E-state index in [1.165, 1.54) is 18.3 Å². The number of hydrogen-bond acceptors (Lipinski definition) is 4. The van der Waals surface area contributed by atoms with E-state index >= 15 is 0 Å². The van der Waals surface area contributed by atoms with Crippen LogP contribution >= 0.6 is 11.8 Å². The number of pyridine rings is 1. The molecule has 0 bridgehead atoms. The maximum absolute atomic E-state index is 11.8. The molecule has 2 heterocycles. The Kier molecular flexibility index (Phi) is 3.63. The number of anilines is 1. The summed E-state index contributed by atoms with van der Waals surface area (Å²) in [5.74, 6) is 0.628. The van der Waals surface area contributed by atoms with E-state index in [0.29, 0.717) is 0 Å². The summed E-state index contributed by atoms with van der Waals surface area (Å²) in [7, 11) is 0. The number of carboxylic acids is 1. The normalized spacial score (nSPS) is 18.9. The van der Waals surface area contributed by atoms with Crippen molar-refractivity contribution in [2.75, 3.05) is 16.8 Å². The molecular weight excluding hydrogens is 240 g/mol. The van der Waals surface area contributed by atoms with E-state index in [0.717, 1.165) is 17.9 Å². The summed E-state index contributed by atoms with van der Waals surface area (Å²) in [5, 5.41) is 11.5. The molecule has 0 radical (unpaired) electrons. The fourth-order valence-corrected chi connectivity index (χ4v) is 2.86. The van der Waals surface area contributed by atoms with Gasteiger partial charge in [-0.15, -0.1) is 0 Å². The predicted molar refractivity (Wildman–Crippen MR) is 65.3 cm³/mol. The van der Waals surface area contributed by atoms with Gasteiger partial charge in [0.15, 0.2) is 0 Å². The number of carbonyl (C=O) groups excluding carboxylic acids is 1. The summed E-state index contributed by atoms with van der Waals surface area (Å²) in [6.07, 6.45) is 2.30. The van der Waals surface area contributed by atoms with Crippen molar-refractivity contribution < 1.29 is 14.7 Å². The summed E-state index contributed by atoms with van der Waals surface area (Å²) in [6.45, 7) is 0. The Hall–Kier alpha value is -1.56. The van der Waals surface area contributed by atoms with E-state index in [1.54, 1.807) is 11.8 Å². The third-order valence-electron chi connectivity index (χ3n) is 2.58.